The Balaban J connectivity index is 0.996. The second-order valence-corrected chi connectivity index (χ2v) is 13.6. The molecule has 46 heavy (non-hydrogen) atoms. The van der Waals surface area contributed by atoms with Gasteiger partial charge in [0.05, 0.1) is 0 Å². The molecule has 0 saturated carbocycles. The Labute approximate surface area is 272 Å². The zero-order chi connectivity index (χ0) is 32.2. The van der Waals surface area contributed by atoms with E-state index in [0.29, 0.717) is 61.7 Å². The van der Waals surface area contributed by atoms with Crippen molar-refractivity contribution in [2.75, 3.05) is 78.5 Å². The first-order valence-electron chi connectivity index (χ1n) is 15.8. The molecule has 3 aliphatic rings. The summed E-state index contributed by atoms with van der Waals surface area (Å²) in [6, 6.07) is 15.4. The van der Waals surface area contributed by atoms with Crippen molar-refractivity contribution in [2.24, 2.45) is 0 Å². The van der Waals surface area contributed by atoms with Crippen LogP contribution in [0, 0.1) is 6.92 Å². The first-order valence-corrected chi connectivity index (χ1v) is 17.1. The number of nitrogens with one attached hydrogen (secondary N) is 2. The predicted molar refractivity (Wildman–Crippen MR) is 181 cm³/mol. The van der Waals surface area contributed by atoms with Gasteiger partial charge in [-0.25, -0.2) is 14.6 Å². The molecular formula is C33H40N8O4S. The van der Waals surface area contributed by atoms with Crippen LogP contribution in [0.2, 0.25) is 0 Å². The molecule has 0 radical (unpaired) electrons. The molecule has 3 saturated heterocycles. The number of piperazine rings is 1. The van der Waals surface area contributed by atoms with Gasteiger partial charge in [-0.15, -0.1) is 0 Å². The molecule has 2 N–H and O–H groups in total. The number of piperidine rings is 1. The zero-order valence-corrected chi connectivity index (χ0v) is 27.1. The summed E-state index contributed by atoms with van der Waals surface area (Å²) in [5.41, 5.74) is 4.28. The van der Waals surface area contributed by atoms with E-state index in [0.717, 1.165) is 55.2 Å². The minimum atomic E-state index is -1.31. The van der Waals surface area contributed by atoms with Gasteiger partial charge in [0.15, 0.2) is 5.78 Å². The van der Waals surface area contributed by atoms with Crippen LogP contribution in [0.15, 0.2) is 54.7 Å². The number of ketones is 1. The zero-order valence-electron chi connectivity index (χ0n) is 26.3. The second-order valence-electron chi connectivity index (χ2n) is 12.0. The number of anilines is 5. The fourth-order valence-electron chi connectivity index (χ4n) is 6.24. The summed E-state index contributed by atoms with van der Waals surface area (Å²) < 4.78 is 11.7. The summed E-state index contributed by atoms with van der Waals surface area (Å²) in [5, 5.41) is 6.12. The third kappa shape index (κ3) is 7.43. The molecule has 1 atom stereocenters. The van der Waals surface area contributed by atoms with Gasteiger partial charge in [0.1, 0.15) is 18.1 Å². The normalized spacial score (nSPS) is 19.7. The van der Waals surface area contributed by atoms with Gasteiger partial charge in [-0.2, -0.15) is 4.98 Å². The monoisotopic (exact) mass is 644 g/mol. The Bertz CT molecular complexity index is 1550. The molecule has 2 amide bonds. The van der Waals surface area contributed by atoms with Crippen LogP contribution in [-0.2, 0) is 16.0 Å². The Morgan fingerprint density at radius 2 is 1.57 bits per heavy atom. The fraction of sp³-hybridized carbons (Fsp3) is 0.424. The van der Waals surface area contributed by atoms with Gasteiger partial charge in [0.25, 0.3) is 0 Å². The highest BCUT2D eigenvalue weighted by Crippen LogP contribution is 2.27. The van der Waals surface area contributed by atoms with Crippen molar-refractivity contribution in [1.82, 2.24) is 19.8 Å². The highest BCUT2D eigenvalue weighted by atomic mass is 32.2. The average molecular weight is 645 g/mol. The smallest absolute Gasteiger partial charge is 0.342 e. The first-order chi connectivity index (χ1) is 22.2. The van der Waals surface area contributed by atoms with Gasteiger partial charge in [0, 0.05) is 97.4 Å². The van der Waals surface area contributed by atoms with E-state index in [1.54, 1.807) is 29.2 Å². The number of carbonyl (C=O) groups is 3. The van der Waals surface area contributed by atoms with Gasteiger partial charge in [-0.3, -0.25) is 9.69 Å². The van der Waals surface area contributed by atoms with E-state index in [1.807, 2.05) is 25.3 Å². The average Bonchev–Trinajstić information content (AvgIpc) is 3.07. The third-order valence-corrected chi connectivity index (χ3v) is 10.2. The highest BCUT2D eigenvalue weighted by Gasteiger charge is 2.34. The van der Waals surface area contributed by atoms with Crippen LogP contribution in [0.4, 0.5) is 33.6 Å². The number of aryl methyl sites for hydroxylation is 1. The topological polar surface area (TPSA) is 137 Å². The van der Waals surface area contributed by atoms with Crippen LogP contribution >= 0.6 is 0 Å². The molecule has 1 unspecified atom stereocenters. The van der Waals surface area contributed by atoms with E-state index in [4.69, 9.17) is 4.98 Å². The molecule has 6 rings (SSSR count). The molecular weight excluding hydrogens is 604 g/mol. The molecule has 242 valence electrons. The fourth-order valence-corrected chi connectivity index (χ4v) is 7.18. The lowest BCUT2D eigenvalue weighted by Crippen LogP contribution is -2.52. The van der Waals surface area contributed by atoms with Crippen LogP contribution in [-0.4, -0.2) is 105 Å². The van der Waals surface area contributed by atoms with Crippen molar-refractivity contribution in [1.29, 1.82) is 0 Å². The van der Waals surface area contributed by atoms with E-state index in [2.05, 4.69) is 42.5 Å². The number of benzene rings is 2. The van der Waals surface area contributed by atoms with Gasteiger partial charge in [-0.05, 0) is 75.2 Å². The van der Waals surface area contributed by atoms with Gasteiger partial charge >= 0.3 is 11.1 Å². The number of urea groups is 1. The first kappa shape index (κ1) is 31.8. The van der Waals surface area contributed by atoms with Crippen molar-refractivity contribution < 1.29 is 18.9 Å². The number of aromatic nitrogens is 2. The van der Waals surface area contributed by atoms with Crippen molar-refractivity contribution in [2.45, 2.75) is 32.7 Å². The van der Waals surface area contributed by atoms with Crippen molar-refractivity contribution in [3.63, 3.8) is 0 Å². The quantitative estimate of drug-likeness (QED) is 0.290. The Hall–Kier alpha value is -4.20. The maximum atomic E-state index is 12.8. The van der Waals surface area contributed by atoms with Crippen LogP contribution < -0.4 is 20.4 Å². The number of amides is 2. The molecule has 1 aromatic heterocycles. The molecule has 0 bridgehead atoms. The van der Waals surface area contributed by atoms with Crippen molar-refractivity contribution in [3.05, 3.63) is 65.9 Å². The van der Waals surface area contributed by atoms with Crippen molar-refractivity contribution >= 4 is 56.9 Å². The molecule has 4 heterocycles. The summed E-state index contributed by atoms with van der Waals surface area (Å²) in [6.45, 7) is 8.79. The molecule has 0 spiro atoms. The van der Waals surface area contributed by atoms with Crippen LogP contribution in [0.3, 0.4) is 0 Å². The lowest BCUT2D eigenvalue weighted by Gasteiger charge is -2.40. The summed E-state index contributed by atoms with van der Waals surface area (Å²) in [5.74, 6) is 1.80. The van der Waals surface area contributed by atoms with Gasteiger partial charge < -0.3 is 29.9 Å². The molecule has 13 heteroatoms. The number of carbonyl (C=O) groups excluding carboxylic acids is 3. The second kappa shape index (κ2) is 14.1. The molecule has 0 aliphatic carbocycles. The molecule has 2 aromatic carbocycles. The van der Waals surface area contributed by atoms with E-state index in [1.165, 1.54) is 6.92 Å². The number of Topliss-reactive ketones (excluding diaryl/α,β-unsaturated/α-hetero) is 1. The molecule has 3 aromatic rings. The third-order valence-electron chi connectivity index (χ3n) is 8.97. The van der Waals surface area contributed by atoms with Gasteiger partial charge in [0.2, 0.25) is 5.95 Å². The summed E-state index contributed by atoms with van der Waals surface area (Å²) in [7, 11) is 0. The number of nitrogens with zero attached hydrogens (tertiary/aromatic N) is 6. The van der Waals surface area contributed by atoms with Crippen LogP contribution in [0.25, 0.3) is 0 Å². The minimum absolute atomic E-state index is 0.0101. The summed E-state index contributed by atoms with van der Waals surface area (Å²) in [6.07, 6.45) is 3.78. The van der Waals surface area contributed by atoms with Crippen LogP contribution in [0.1, 0.15) is 35.7 Å². The molecule has 3 aliphatic heterocycles. The minimum Gasteiger partial charge on any atom is -0.609 e. The number of rotatable bonds is 7. The van der Waals surface area contributed by atoms with Gasteiger partial charge in [-0.1, -0.05) is 0 Å². The maximum absolute atomic E-state index is 12.8. The largest absolute Gasteiger partial charge is 0.609 e. The standard InChI is InChI=1S/C33H40N8O4S/c1-23-21-34-32(37-31(23)39-15-17-40(18-16-39)33(44)36-27-5-3-25(4-6-27)24(2)42)35-26-7-9-28(10-8-26)38-13-11-29(12-14-38)41-19-20-46(45)30(43)22-41/h3-10,21,29H,11-20,22H2,1-2H3,(H,36,44)(H,34,35,37). The van der Waals surface area contributed by atoms with Crippen molar-refractivity contribution in [3.8, 4) is 0 Å². The Kier molecular flexibility index (Phi) is 9.71. The van der Waals surface area contributed by atoms with E-state index in [9.17, 15) is 18.9 Å². The number of hydrogen-bond acceptors (Lipinski definition) is 10. The lowest BCUT2D eigenvalue weighted by atomic mass is 10.0. The lowest BCUT2D eigenvalue weighted by molar-refractivity contribution is -0.114. The van der Waals surface area contributed by atoms with E-state index < -0.39 is 11.2 Å². The Morgan fingerprint density at radius 1 is 0.891 bits per heavy atom. The SMILES string of the molecule is CC(=O)c1ccc(NC(=O)N2CCN(c3nc(Nc4ccc(N5CCC(N6CC[S+]([O-])C(=O)C6)CC5)cc4)ncc3C)CC2)cc1. The van der Waals surface area contributed by atoms with E-state index in [-0.39, 0.29) is 16.9 Å². The Morgan fingerprint density at radius 3 is 2.22 bits per heavy atom. The maximum Gasteiger partial charge on any atom is 0.342 e. The summed E-state index contributed by atoms with van der Waals surface area (Å²) in [4.78, 5) is 54.2. The predicted octanol–water partition coefficient (Wildman–Crippen LogP) is 3.65. The molecule has 3 fully saturated rings. The highest BCUT2D eigenvalue weighted by molar-refractivity contribution is 8.06. The molecule has 12 nitrogen and oxygen atoms in total. The van der Waals surface area contributed by atoms with E-state index >= 15 is 0 Å². The summed E-state index contributed by atoms with van der Waals surface area (Å²) >= 11 is -1.31. The number of hydrogen-bond donors (Lipinski definition) is 2. The van der Waals surface area contributed by atoms with Crippen LogP contribution in [0.5, 0.6) is 0 Å².